The van der Waals surface area contributed by atoms with Crippen LogP contribution in [0.2, 0.25) is 0 Å². The number of hydrogen-bond donors (Lipinski definition) is 2. The first-order valence-electron chi connectivity index (χ1n) is 7.93. The van der Waals surface area contributed by atoms with Crippen LogP contribution in [0, 0.1) is 6.92 Å². The smallest absolute Gasteiger partial charge is 0.255 e. The third-order valence-corrected chi connectivity index (χ3v) is 4.20. The zero-order valence-corrected chi connectivity index (χ0v) is 13.2. The van der Waals surface area contributed by atoms with Crippen molar-refractivity contribution >= 4 is 11.6 Å². The quantitative estimate of drug-likeness (QED) is 0.915. The number of aryl methyl sites for hydroxylation is 1. The number of nitrogens with zero attached hydrogens (tertiary/aromatic N) is 1. The Labute approximate surface area is 135 Å². The highest BCUT2D eigenvalue weighted by Crippen LogP contribution is 2.18. The minimum absolute atomic E-state index is 0.0183. The molecule has 2 N–H and O–H groups in total. The van der Waals surface area contributed by atoms with Gasteiger partial charge in [-0.1, -0.05) is 12.1 Å². The van der Waals surface area contributed by atoms with Gasteiger partial charge in [-0.2, -0.15) is 0 Å². The van der Waals surface area contributed by atoms with E-state index in [0.717, 1.165) is 31.6 Å². The predicted octanol–water partition coefficient (Wildman–Crippen LogP) is 2.40. The molecule has 0 unspecified atom stereocenters. The molecule has 0 bridgehead atoms. The van der Waals surface area contributed by atoms with Crippen LogP contribution in [0.1, 0.15) is 28.8 Å². The van der Waals surface area contributed by atoms with Gasteiger partial charge in [0.1, 0.15) is 0 Å². The summed E-state index contributed by atoms with van der Waals surface area (Å²) in [7, 11) is 0. The van der Waals surface area contributed by atoms with E-state index in [2.05, 4.69) is 35.4 Å². The zero-order chi connectivity index (χ0) is 16.2. The molecule has 0 spiro atoms. The molecular formula is C18H21N3O2. The Morgan fingerprint density at radius 3 is 2.65 bits per heavy atom. The van der Waals surface area contributed by atoms with Gasteiger partial charge in [-0.15, -0.1) is 0 Å². The van der Waals surface area contributed by atoms with E-state index in [1.54, 1.807) is 6.07 Å². The fourth-order valence-electron chi connectivity index (χ4n) is 2.92. The fourth-order valence-corrected chi connectivity index (χ4v) is 2.92. The first-order valence-corrected chi connectivity index (χ1v) is 7.93. The lowest BCUT2D eigenvalue weighted by Crippen LogP contribution is -2.42. The number of pyridine rings is 1. The zero-order valence-electron chi connectivity index (χ0n) is 13.2. The van der Waals surface area contributed by atoms with Gasteiger partial charge >= 0.3 is 0 Å². The van der Waals surface area contributed by atoms with Crippen molar-refractivity contribution in [3.8, 4) is 0 Å². The second-order valence-corrected chi connectivity index (χ2v) is 6.02. The van der Waals surface area contributed by atoms with Gasteiger partial charge < -0.3 is 15.2 Å². The van der Waals surface area contributed by atoms with Crippen molar-refractivity contribution in [1.82, 2.24) is 9.88 Å². The highest BCUT2D eigenvalue weighted by molar-refractivity contribution is 5.93. The number of nitrogens with one attached hydrogen (secondary N) is 2. The van der Waals surface area contributed by atoms with Gasteiger partial charge in [-0.3, -0.25) is 9.59 Å². The molecule has 1 saturated heterocycles. The molecule has 2 aromatic rings. The van der Waals surface area contributed by atoms with Crippen molar-refractivity contribution in [3.05, 3.63) is 64.1 Å². The monoisotopic (exact) mass is 311 g/mol. The van der Waals surface area contributed by atoms with Gasteiger partial charge in [0.25, 0.3) is 5.91 Å². The number of H-pyrrole nitrogens is 1. The summed E-state index contributed by atoms with van der Waals surface area (Å²) in [4.78, 5) is 27.9. The Hall–Kier alpha value is -2.56. The number of rotatable bonds is 3. The minimum atomic E-state index is -0.192. The third-order valence-electron chi connectivity index (χ3n) is 4.20. The number of likely N-dealkylation sites (tertiary alicyclic amines) is 1. The summed E-state index contributed by atoms with van der Waals surface area (Å²) in [5, 5.41) is 3.54. The van der Waals surface area contributed by atoms with Crippen LogP contribution in [0.4, 0.5) is 5.69 Å². The molecule has 5 nitrogen and oxygen atoms in total. The van der Waals surface area contributed by atoms with E-state index >= 15 is 0 Å². The summed E-state index contributed by atoms with van der Waals surface area (Å²) >= 11 is 0. The standard InChI is InChI=1S/C18H21N3O2/c1-13-3-2-4-16(11-13)20-15-7-9-21(10-8-15)18(23)14-5-6-17(22)19-12-14/h2-6,11-12,15,20H,7-10H2,1H3,(H,19,22). The van der Waals surface area contributed by atoms with Crippen LogP contribution < -0.4 is 10.9 Å². The molecule has 2 heterocycles. The van der Waals surface area contributed by atoms with Crippen LogP contribution in [0.15, 0.2) is 47.4 Å². The largest absolute Gasteiger partial charge is 0.382 e. The normalized spacial score (nSPS) is 15.4. The second-order valence-electron chi connectivity index (χ2n) is 6.02. The summed E-state index contributed by atoms with van der Waals surface area (Å²) in [6.07, 6.45) is 3.33. The molecule has 3 rings (SSSR count). The number of benzene rings is 1. The first-order chi connectivity index (χ1) is 11.1. The van der Waals surface area contributed by atoms with Crippen LogP contribution in [-0.2, 0) is 0 Å². The van der Waals surface area contributed by atoms with Crippen molar-refractivity contribution < 1.29 is 4.79 Å². The van der Waals surface area contributed by atoms with E-state index in [4.69, 9.17) is 0 Å². The second kappa shape index (κ2) is 6.69. The SMILES string of the molecule is Cc1cccc(NC2CCN(C(=O)c3ccc(=O)[nH]c3)CC2)c1. The molecule has 23 heavy (non-hydrogen) atoms. The molecule has 0 aliphatic carbocycles. The average Bonchev–Trinajstić information content (AvgIpc) is 2.56. The Morgan fingerprint density at radius 2 is 2.00 bits per heavy atom. The number of hydrogen-bond acceptors (Lipinski definition) is 3. The molecular weight excluding hydrogens is 290 g/mol. The Morgan fingerprint density at radius 1 is 1.22 bits per heavy atom. The van der Waals surface area contributed by atoms with Crippen LogP contribution in [-0.4, -0.2) is 34.9 Å². The Balaban J connectivity index is 1.56. The molecule has 1 aromatic carbocycles. The van der Waals surface area contributed by atoms with Crippen molar-refractivity contribution in [3.63, 3.8) is 0 Å². The highest BCUT2D eigenvalue weighted by atomic mass is 16.2. The predicted molar refractivity (Wildman–Crippen MR) is 90.8 cm³/mol. The molecule has 1 fully saturated rings. The maximum atomic E-state index is 12.4. The van der Waals surface area contributed by atoms with Crippen molar-refractivity contribution in [2.24, 2.45) is 0 Å². The topological polar surface area (TPSA) is 65.2 Å². The maximum Gasteiger partial charge on any atom is 0.255 e. The van der Waals surface area contributed by atoms with E-state index in [1.807, 2.05) is 11.0 Å². The van der Waals surface area contributed by atoms with Crippen molar-refractivity contribution in [2.75, 3.05) is 18.4 Å². The lowest BCUT2D eigenvalue weighted by molar-refractivity contribution is 0.0718. The molecule has 120 valence electrons. The number of piperidine rings is 1. The van der Waals surface area contributed by atoms with Gasteiger partial charge in [-0.05, 0) is 43.5 Å². The van der Waals surface area contributed by atoms with Gasteiger partial charge in [0.05, 0.1) is 5.56 Å². The van der Waals surface area contributed by atoms with Crippen LogP contribution in [0.25, 0.3) is 0 Å². The van der Waals surface area contributed by atoms with E-state index < -0.39 is 0 Å². The lowest BCUT2D eigenvalue weighted by atomic mass is 10.0. The average molecular weight is 311 g/mol. The van der Waals surface area contributed by atoms with Crippen molar-refractivity contribution in [2.45, 2.75) is 25.8 Å². The van der Waals surface area contributed by atoms with Gasteiger partial charge in [0, 0.05) is 37.1 Å². The minimum Gasteiger partial charge on any atom is -0.382 e. The molecule has 0 radical (unpaired) electrons. The summed E-state index contributed by atoms with van der Waals surface area (Å²) in [5.74, 6) is -0.0183. The number of carbonyl (C=O) groups is 1. The van der Waals surface area contributed by atoms with Crippen LogP contribution in [0.3, 0.4) is 0 Å². The molecule has 0 saturated carbocycles. The van der Waals surface area contributed by atoms with Crippen LogP contribution in [0.5, 0.6) is 0 Å². The molecule has 1 aromatic heterocycles. The third kappa shape index (κ3) is 3.80. The van der Waals surface area contributed by atoms with E-state index in [-0.39, 0.29) is 11.5 Å². The summed E-state index contributed by atoms with van der Waals surface area (Å²) in [6.45, 7) is 3.53. The summed E-state index contributed by atoms with van der Waals surface area (Å²) in [6, 6.07) is 11.7. The summed E-state index contributed by atoms with van der Waals surface area (Å²) in [5.41, 5.74) is 2.72. The Bertz CT molecular complexity index is 725. The van der Waals surface area contributed by atoms with E-state index in [0.29, 0.717) is 11.6 Å². The molecule has 1 aliphatic rings. The van der Waals surface area contributed by atoms with Gasteiger partial charge in [0.2, 0.25) is 5.56 Å². The number of aromatic nitrogens is 1. The summed E-state index contributed by atoms with van der Waals surface area (Å²) < 4.78 is 0. The lowest BCUT2D eigenvalue weighted by Gasteiger charge is -2.33. The van der Waals surface area contributed by atoms with E-state index in [9.17, 15) is 9.59 Å². The van der Waals surface area contributed by atoms with Gasteiger partial charge in [-0.25, -0.2) is 0 Å². The molecule has 1 amide bonds. The number of anilines is 1. The van der Waals surface area contributed by atoms with E-state index in [1.165, 1.54) is 17.8 Å². The molecule has 5 heteroatoms. The molecule has 0 atom stereocenters. The first kappa shape index (κ1) is 15.3. The van der Waals surface area contributed by atoms with Gasteiger partial charge in [0.15, 0.2) is 0 Å². The Kier molecular flexibility index (Phi) is 4.46. The van der Waals surface area contributed by atoms with Crippen LogP contribution >= 0.6 is 0 Å². The number of carbonyl (C=O) groups excluding carboxylic acids is 1. The number of amides is 1. The number of aromatic amines is 1. The highest BCUT2D eigenvalue weighted by Gasteiger charge is 2.23. The molecule has 1 aliphatic heterocycles. The fraction of sp³-hybridized carbons (Fsp3) is 0.333. The maximum absolute atomic E-state index is 12.4. The van der Waals surface area contributed by atoms with Crippen molar-refractivity contribution in [1.29, 1.82) is 0 Å².